The van der Waals surface area contributed by atoms with E-state index in [1.165, 1.54) is 29.1 Å². The maximum Gasteiger partial charge on any atom is 0.573 e. The molecule has 1 aromatic carbocycles. The number of aryl methyl sites for hydroxylation is 1. The summed E-state index contributed by atoms with van der Waals surface area (Å²) in [5.41, 5.74) is 6.27. The van der Waals surface area contributed by atoms with Crippen molar-refractivity contribution in [2.45, 2.75) is 26.1 Å². The van der Waals surface area contributed by atoms with Gasteiger partial charge in [0.05, 0.1) is 5.01 Å². The maximum atomic E-state index is 12.1. The first-order valence-corrected chi connectivity index (χ1v) is 8.03. The van der Waals surface area contributed by atoms with Crippen LogP contribution in [0.25, 0.3) is 0 Å². The Kier molecular flexibility index (Phi) is 8.42. The lowest BCUT2D eigenvalue weighted by Crippen LogP contribution is -2.23. The minimum atomic E-state index is -4.71. The van der Waals surface area contributed by atoms with Gasteiger partial charge < -0.3 is 15.8 Å². The SMILES string of the molecule is CCc1cnc(CCN=C(N)Nc2ccc(OC(F)(F)F)cc2)s1.I. The molecule has 0 aliphatic rings. The summed E-state index contributed by atoms with van der Waals surface area (Å²) in [5, 5.41) is 3.81. The van der Waals surface area contributed by atoms with Crippen LogP contribution >= 0.6 is 35.3 Å². The number of benzene rings is 1. The fourth-order valence-corrected chi connectivity index (χ4v) is 2.68. The third kappa shape index (κ3) is 7.90. The average molecular weight is 486 g/mol. The average Bonchev–Trinajstić information content (AvgIpc) is 2.96. The molecule has 0 atom stereocenters. The molecule has 0 fully saturated rings. The zero-order chi connectivity index (χ0) is 17.6. The Hall–Kier alpha value is -1.56. The van der Waals surface area contributed by atoms with Crippen molar-refractivity contribution in [3.05, 3.63) is 40.3 Å². The standard InChI is InChI=1S/C15H17F3N4OS.HI/c1-2-12-9-21-13(24-12)7-8-20-14(19)22-10-3-5-11(6-4-10)23-15(16,17)18;/h3-6,9H,2,7-8H2,1H3,(H3,19,20,22);1H. The number of halogens is 4. The summed E-state index contributed by atoms with van der Waals surface area (Å²) in [6.07, 6.45) is -1.21. The molecule has 1 heterocycles. The maximum absolute atomic E-state index is 12.1. The molecule has 0 saturated carbocycles. The second-order valence-electron chi connectivity index (χ2n) is 4.79. The molecule has 3 N–H and O–H groups in total. The van der Waals surface area contributed by atoms with Gasteiger partial charge in [0, 0.05) is 29.7 Å². The van der Waals surface area contributed by atoms with Gasteiger partial charge in [-0.3, -0.25) is 4.99 Å². The number of aliphatic imine (C=N–C) groups is 1. The van der Waals surface area contributed by atoms with E-state index in [-0.39, 0.29) is 35.7 Å². The van der Waals surface area contributed by atoms with Crippen molar-refractivity contribution in [1.29, 1.82) is 0 Å². The third-order valence-corrected chi connectivity index (χ3v) is 4.12. The summed E-state index contributed by atoms with van der Waals surface area (Å²) < 4.78 is 40.0. The molecule has 2 aromatic rings. The predicted octanol–water partition coefficient (Wildman–Crippen LogP) is 4.19. The molecule has 0 aliphatic heterocycles. The van der Waals surface area contributed by atoms with Gasteiger partial charge >= 0.3 is 6.36 Å². The Morgan fingerprint density at radius 3 is 2.56 bits per heavy atom. The molecule has 0 amide bonds. The molecule has 10 heteroatoms. The Morgan fingerprint density at radius 2 is 2.00 bits per heavy atom. The lowest BCUT2D eigenvalue weighted by Gasteiger charge is -2.10. The Morgan fingerprint density at radius 1 is 1.32 bits per heavy atom. The highest BCUT2D eigenvalue weighted by Crippen LogP contribution is 2.23. The van der Waals surface area contributed by atoms with E-state index in [9.17, 15) is 13.2 Å². The number of alkyl halides is 3. The minimum Gasteiger partial charge on any atom is -0.406 e. The molecule has 0 aliphatic carbocycles. The van der Waals surface area contributed by atoms with Crippen molar-refractivity contribution in [3.8, 4) is 5.75 Å². The highest BCUT2D eigenvalue weighted by Gasteiger charge is 2.30. The van der Waals surface area contributed by atoms with Gasteiger partial charge in [0.15, 0.2) is 5.96 Å². The first-order valence-electron chi connectivity index (χ1n) is 7.22. The number of thiazole rings is 1. The van der Waals surface area contributed by atoms with Crippen molar-refractivity contribution in [2.75, 3.05) is 11.9 Å². The summed E-state index contributed by atoms with van der Waals surface area (Å²) in [4.78, 5) is 9.68. The van der Waals surface area contributed by atoms with Gasteiger partial charge in [-0.25, -0.2) is 4.98 Å². The Bertz CT molecular complexity index is 689. The zero-order valence-electron chi connectivity index (χ0n) is 13.3. The molecular weight excluding hydrogens is 468 g/mol. The van der Waals surface area contributed by atoms with Crippen molar-refractivity contribution in [1.82, 2.24) is 4.98 Å². The molecule has 1 aromatic heterocycles. The van der Waals surface area contributed by atoms with Gasteiger partial charge in [0.2, 0.25) is 0 Å². The number of hydrogen-bond acceptors (Lipinski definition) is 4. The molecule has 0 bridgehead atoms. The van der Waals surface area contributed by atoms with Crippen LogP contribution in [0.2, 0.25) is 0 Å². The first-order chi connectivity index (χ1) is 11.4. The second kappa shape index (κ2) is 9.80. The van der Waals surface area contributed by atoms with Crippen LogP contribution < -0.4 is 15.8 Å². The lowest BCUT2D eigenvalue weighted by molar-refractivity contribution is -0.274. The number of aromatic nitrogens is 1. The van der Waals surface area contributed by atoms with Crippen molar-refractivity contribution < 1.29 is 17.9 Å². The van der Waals surface area contributed by atoms with Gasteiger partial charge in [-0.05, 0) is 30.7 Å². The Balaban J connectivity index is 0.00000312. The molecule has 2 rings (SSSR count). The van der Waals surface area contributed by atoms with E-state index < -0.39 is 6.36 Å². The highest BCUT2D eigenvalue weighted by molar-refractivity contribution is 14.0. The molecule has 0 saturated heterocycles. The zero-order valence-corrected chi connectivity index (χ0v) is 16.5. The largest absolute Gasteiger partial charge is 0.573 e. The van der Waals surface area contributed by atoms with Gasteiger partial charge in [-0.1, -0.05) is 6.92 Å². The lowest BCUT2D eigenvalue weighted by atomic mass is 10.3. The quantitative estimate of drug-likeness (QED) is 0.365. The first kappa shape index (κ1) is 21.5. The van der Waals surface area contributed by atoms with E-state index in [1.54, 1.807) is 11.3 Å². The van der Waals surface area contributed by atoms with Crippen LogP contribution in [0.4, 0.5) is 18.9 Å². The van der Waals surface area contributed by atoms with Crippen LogP contribution in [0.3, 0.4) is 0 Å². The number of hydrogen-bond donors (Lipinski definition) is 2. The fourth-order valence-electron chi connectivity index (χ4n) is 1.83. The van der Waals surface area contributed by atoms with E-state index >= 15 is 0 Å². The minimum absolute atomic E-state index is 0. The van der Waals surface area contributed by atoms with Crippen LogP contribution in [-0.2, 0) is 12.8 Å². The fraction of sp³-hybridized carbons (Fsp3) is 0.333. The second-order valence-corrected chi connectivity index (χ2v) is 5.99. The summed E-state index contributed by atoms with van der Waals surface area (Å²) in [7, 11) is 0. The number of ether oxygens (including phenoxy) is 1. The molecule has 0 spiro atoms. The number of anilines is 1. The number of nitrogens with one attached hydrogen (secondary N) is 1. The van der Waals surface area contributed by atoms with Gasteiger partial charge in [0.25, 0.3) is 0 Å². The van der Waals surface area contributed by atoms with Crippen LogP contribution in [0.15, 0.2) is 35.5 Å². The van der Waals surface area contributed by atoms with Crippen molar-refractivity contribution in [2.24, 2.45) is 10.7 Å². The summed E-state index contributed by atoms with van der Waals surface area (Å²) in [6, 6.07) is 5.26. The van der Waals surface area contributed by atoms with Crippen LogP contribution in [-0.4, -0.2) is 23.9 Å². The third-order valence-electron chi connectivity index (χ3n) is 2.92. The summed E-state index contributed by atoms with van der Waals surface area (Å²) >= 11 is 1.65. The van der Waals surface area contributed by atoms with Gasteiger partial charge in [0.1, 0.15) is 5.75 Å². The van der Waals surface area contributed by atoms with E-state index in [0.717, 1.165) is 11.4 Å². The van der Waals surface area contributed by atoms with Crippen LogP contribution in [0, 0.1) is 0 Å². The van der Waals surface area contributed by atoms with Crippen LogP contribution in [0.1, 0.15) is 16.8 Å². The topological polar surface area (TPSA) is 72.5 Å². The monoisotopic (exact) mass is 486 g/mol. The molecule has 0 unspecified atom stereocenters. The molecule has 138 valence electrons. The van der Waals surface area contributed by atoms with Gasteiger partial charge in [-0.2, -0.15) is 0 Å². The molecule has 0 radical (unpaired) electrons. The number of rotatable bonds is 6. The summed E-state index contributed by atoms with van der Waals surface area (Å²) in [5.74, 6) is -0.106. The van der Waals surface area contributed by atoms with E-state index in [0.29, 0.717) is 18.7 Å². The number of nitrogens with two attached hydrogens (primary N) is 1. The van der Waals surface area contributed by atoms with E-state index in [2.05, 4.69) is 27.0 Å². The van der Waals surface area contributed by atoms with Crippen molar-refractivity contribution in [3.63, 3.8) is 0 Å². The van der Waals surface area contributed by atoms with E-state index in [1.807, 2.05) is 6.20 Å². The predicted molar refractivity (Wildman–Crippen MR) is 104 cm³/mol. The molecule has 5 nitrogen and oxygen atoms in total. The highest BCUT2D eigenvalue weighted by atomic mass is 127. The molecular formula is C15H18F3IN4OS. The van der Waals surface area contributed by atoms with Crippen LogP contribution in [0.5, 0.6) is 5.75 Å². The normalized spacial score (nSPS) is 11.8. The Labute approximate surface area is 164 Å². The number of nitrogens with zero attached hydrogens (tertiary/aromatic N) is 2. The summed E-state index contributed by atoms with van der Waals surface area (Å²) in [6.45, 7) is 2.55. The van der Waals surface area contributed by atoms with Crippen molar-refractivity contribution >= 4 is 47.0 Å². The number of guanidine groups is 1. The van der Waals surface area contributed by atoms with Gasteiger partial charge in [-0.15, -0.1) is 48.5 Å². The smallest absolute Gasteiger partial charge is 0.406 e. The molecule has 25 heavy (non-hydrogen) atoms. The van der Waals surface area contributed by atoms with E-state index in [4.69, 9.17) is 5.73 Å².